The van der Waals surface area contributed by atoms with Crippen LogP contribution >= 0.6 is 11.6 Å². The van der Waals surface area contributed by atoms with Crippen molar-refractivity contribution < 1.29 is 4.79 Å². The van der Waals surface area contributed by atoms with E-state index >= 15 is 0 Å². The van der Waals surface area contributed by atoms with Gasteiger partial charge in [-0.3, -0.25) is 4.79 Å². The molecule has 2 nitrogen and oxygen atoms in total. The molecule has 0 fully saturated rings. The fourth-order valence-corrected chi connectivity index (χ4v) is 1.64. The fraction of sp³-hybridized carbons (Fsp3) is 0.0833. The Morgan fingerprint density at radius 2 is 2.13 bits per heavy atom. The van der Waals surface area contributed by atoms with Gasteiger partial charge in [0.25, 0.3) is 0 Å². The maximum atomic E-state index is 11.7. The summed E-state index contributed by atoms with van der Waals surface area (Å²) in [5, 5.41) is 0.659. The van der Waals surface area contributed by atoms with Gasteiger partial charge in [-0.25, -0.2) is 0 Å². The number of halogens is 1. The number of nitrogens with one attached hydrogen (secondary N) is 1. The Kier molecular flexibility index (Phi) is 2.88. The van der Waals surface area contributed by atoms with Gasteiger partial charge in [0.2, 0.25) is 0 Å². The maximum Gasteiger partial charge on any atom is 0.183 e. The number of rotatable bonds is 3. The number of aromatic nitrogens is 1. The van der Waals surface area contributed by atoms with Crippen molar-refractivity contribution in [1.29, 1.82) is 0 Å². The smallest absolute Gasteiger partial charge is 0.183 e. The van der Waals surface area contributed by atoms with Crippen LogP contribution in [0.3, 0.4) is 0 Å². The molecular weight excluding hydrogens is 210 g/mol. The first-order valence-electron chi connectivity index (χ1n) is 4.67. The zero-order valence-electron chi connectivity index (χ0n) is 8.03. The average molecular weight is 220 g/mol. The molecule has 2 aromatic rings. The van der Waals surface area contributed by atoms with E-state index in [4.69, 9.17) is 11.6 Å². The number of H-pyrrole nitrogens is 1. The number of carbonyl (C=O) groups excluding carboxylic acids is 1. The second kappa shape index (κ2) is 4.32. The minimum Gasteiger partial charge on any atom is -0.359 e. The molecular formula is C12H10ClNO. The van der Waals surface area contributed by atoms with E-state index in [9.17, 15) is 4.79 Å². The fourth-order valence-electron chi connectivity index (χ4n) is 1.43. The maximum absolute atomic E-state index is 11.7. The van der Waals surface area contributed by atoms with Gasteiger partial charge in [0.1, 0.15) is 0 Å². The minimum atomic E-state index is 0.0715. The second-order valence-corrected chi connectivity index (χ2v) is 3.75. The number of aromatic amines is 1. The van der Waals surface area contributed by atoms with Crippen molar-refractivity contribution in [3.63, 3.8) is 0 Å². The van der Waals surface area contributed by atoms with E-state index in [0.717, 1.165) is 5.56 Å². The Hall–Kier alpha value is -1.54. The molecule has 76 valence electrons. The molecule has 15 heavy (non-hydrogen) atoms. The van der Waals surface area contributed by atoms with Gasteiger partial charge in [-0.15, -0.1) is 0 Å². The predicted octanol–water partition coefficient (Wildman–Crippen LogP) is 3.09. The number of hydrogen-bond donors (Lipinski definition) is 1. The summed E-state index contributed by atoms with van der Waals surface area (Å²) < 4.78 is 0. The molecule has 2 rings (SSSR count). The molecule has 0 saturated heterocycles. The van der Waals surface area contributed by atoms with Gasteiger partial charge in [-0.05, 0) is 29.8 Å². The highest BCUT2D eigenvalue weighted by molar-refractivity contribution is 6.30. The first kappa shape index (κ1) is 9.99. The number of benzene rings is 1. The zero-order valence-corrected chi connectivity index (χ0v) is 8.79. The molecule has 0 spiro atoms. The molecule has 0 aliphatic rings. The number of hydrogen-bond acceptors (Lipinski definition) is 1. The Morgan fingerprint density at radius 1 is 1.27 bits per heavy atom. The monoisotopic (exact) mass is 219 g/mol. The van der Waals surface area contributed by atoms with Crippen molar-refractivity contribution in [2.45, 2.75) is 6.42 Å². The van der Waals surface area contributed by atoms with Crippen molar-refractivity contribution in [2.24, 2.45) is 0 Å². The van der Waals surface area contributed by atoms with Crippen LogP contribution in [0.5, 0.6) is 0 Å². The van der Waals surface area contributed by atoms with Crippen LogP contribution in [0.15, 0.2) is 42.6 Å². The highest BCUT2D eigenvalue weighted by Crippen LogP contribution is 2.12. The first-order valence-corrected chi connectivity index (χ1v) is 5.04. The molecule has 3 heteroatoms. The van der Waals surface area contributed by atoms with Gasteiger partial charge >= 0.3 is 0 Å². The van der Waals surface area contributed by atoms with Gasteiger partial charge in [-0.1, -0.05) is 23.7 Å². The molecule has 0 atom stereocenters. The van der Waals surface area contributed by atoms with Crippen LogP contribution in [0.1, 0.15) is 16.1 Å². The highest BCUT2D eigenvalue weighted by Gasteiger charge is 2.07. The Bertz CT molecular complexity index is 462. The Morgan fingerprint density at radius 3 is 2.80 bits per heavy atom. The third-order valence-electron chi connectivity index (χ3n) is 2.15. The molecule has 0 aliphatic carbocycles. The second-order valence-electron chi connectivity index (χ2n) is 3.31. The lowest BCUT2D eigenvalue weighted by atomic mass is 10.1. The van der Waals surface area contributed by atoms with Crippen LogP contribution in [0.2, 0.25) is 5.02 Å². The van der Waals surface area contributed by atoms with Gasteiger partial charge in [0.05, 0.1) is 5.69 Å². The van der Waals surface area contributed by atoms with Crippen LogP contribution in [0.4, 0.5) is 0 Å². The summed E-state index contributed by atoms with van der Waals surface area (Å²) >= 11 is 5.83. The summed E-state index contributed by atoms with van der Waals surface area (Å²) in [6, 6.07) is 10.9. The summed E-state index contributed by atoms with van der Waals surface area (Å²) in [5.74, 6) is 0.0715. The number of ketones is 1. The van der Waals surface area contributed by atoms with Crippen molar-refractivity contribution in [2.75, 3.05) is 0 Å². The van der Waals surface area contributed by atoms with Crippen LogP contribution < -0.4 is 0 Å². The normalized spacial score (nSPS) is 10.2. The van der Waals surface area contributed by atoms with Gasteiger partial charge in [0, 0.05) is 17.6 Å². The average Bonchev–Trinajstić information content (AvgIpc) is 2.70. The summed E-state index contributed by atoms with van der Waals surface area (Å²) in [5.41, 5.74) is 1.57. The van der Waals surface area contributed by atoms with Crippen LogP contribution in [-0.4, -0.2) is 10.8 Å². The van der Waals surface area contributed by atoms with Crippen molar-refractivity contribution in [1.82, 2.24) is 4.98 Å². The van der Waals surface area contributed by atoms with Gasteiger partial charge in [-0.2, -0.15) is 0 Å². The van der Waals surface area contributed by atoms with Crippen LogP contribution in [0.25, 0.3) is 0 Å². The third-order valence-corrected chi connectivity index (χ3v) is 2.39. The summed E-state index contributed by atoms with van der Waals surface area (Å²) in [6.07, 6.45) is 2.12. The van der Waals surface area contributed by atoms with E-state index in [1.165, 1.54) is 0 Å². The minimum absolute atomic E-state index is 0.0715. The lowest BCUT2D eigenvalue weighted by Crippen LogP contribution is -2.03. The largest absolute Gasteiger partial charge is 0.359 e. The van der Waals surface area contributed by atoms with E-state index < -0.39 is 0 Å². The van der Waals surface area contributed by atoms with E-state index in [0.29, 0.717) is 17.1 Å². The molecule has 1 aromatic heterocycles. The van der Waals surface area contributed by atoms with Gasteiger partial charge < -0.3 is 4.98 Å². The first-order chi connectivity index (χ1) is 7.25. The summed E-state index contributed by atoms with van der Waals surface area (Å²) in [6.45, 7) is 0. The molecule has 0 amide bonds. The molecule has 1 N–H and O–H groups in total. The Balaban J connectivity index is 2.13. The van der Waals surface area contributed by atoms with E-state index in [1.54, 1.807) is 18.3 Å². The van der Waals surface area contributed by atoms with Crippen molar-refractivity contribution >= 4 is 17.4 Å². The molecule has 1 heterocycles. The highest BCUT2D eigenvalue weighted by atomic mass is 35.5. The molecule has 0 unspecified atom stereocenters. The summed E-state index contributed by atoms with van der Waals surface area (Å²) in [4.78, 5) is 14.6. The molecule has 0 aliphatic heterocycles. The van der Waals surface area contributed by atoms with Crippen LogP contribution in [-0.2, 0) is 6.42 Å². The zero-order chi connectivity index (χ0) is 10.7. The molecule has 0 bridgehead atoms. The van der Waals surface area contributed by atoms with E-state index in [2.05, 4.69) is 4.98 Å². The molecule has 1 aromatic carbocycles. The quantitative estimate of drug-likeness (QED) is 0.791. The van der Waals surface area contributed by atoms with Crippen molar-refractivity contribution in [3.8, 4) is 0 Å². The number of Topliss-reactive ketones (excluding diaryl/α,β-unsaturated/α-hetero) is 1. The van der Waals surface area contributed by atoms with Gasteiger partial charge in [0.15, 0.2) is 5.78 Å². The standard InChI is InChI=1S/C12H10ClNO/c13-10-4-1-3-9(7-10)8-12(15)11-5-2-6-14-11/h1-7,14H,8H2. The third kappa shape index (κ3) is 2.48. The van der Waals surface area contributed by atoms with E-state index in [-0.39, 0.29) is 5.78 Å². The van der Waals surface area contributed by atoms with E-state index in [1.807, 2.05) is 24.3 Å². The lowest BCUT2D eigenvalue weighted by molar-refractivity contribution is 0.0989. The summed E-state index contributed by atoms with van der Waals surface area (Å²) in [7, 11) is 0. The van der Waals surface area contributed by atoms with Crippen LogP contribution in [0, 0.1) is 0 Å². The molecule has 0 saturated carbocycles. The topological polar surface area (TPSA) is 32.9 Å². The van der Waals surface area contributed by atoms with Crippen molar-refractivity contribution in [3.05, 3.63) is 58.9 Å². The number of carbonyl (C=O) groups is 1. The lowest BCUT2D eigenvalue weighted by Gasteiger charge is -1.99. The Labute approximate surface area is 92.9 Å². The predicted molar refractivity (Wildman–Crippen MR) is 60.3 cm³/mol. The SMILES string of the molecule is O=C(Cc1cccc(Cl)c1)c1ccc[nH]1. The molecule has 0 radical (unpaired) electrons.